The molecule has 36 bridgehead atoms. The molecule has 706 valence electrons. The summed E-state index contributed by atoms with van der Waals surface area (Å²) < 4.78 is 562. The van der Waals surface area contributed by atoms with Crippen molar-refractivity contribution in [1.82, 2.24) is 0 Å². The van der Waals surface area contributed by atoms with Gasteiger partial charge in [0.1, 0.15) is 90.2 Å². The first-order valence-electron chi connectivity index (χ1n) is 67.7. The molecule has 22 nitrogen and oxygen atoms in total. The second kappa shape index (κ2) is 41.2. The maximum Gasteiger partial charge on any atom is 0.161 e. The topological polar surface area (TPSA) is 203 Å². The SMILES string of the molecule is [2H]C([2H])([2H])Oc1cc2c3cc1OC([2H])([2H])C([2H])([2H])Oc1cc4c(cc1OC([2H])([2H])[2H])Cc1cc5c(OC([2H])([2H])[2H])cc1Cc1cc(c(OCCCCCCCCCCOc6cc7c8cc6OC([2H])([2H])C([2H])([2H])Oc6ccc9c(c6)Cc6cc(OC([2H])([2H])[2H])c%10cc6Cc6cc(OC([2H])([2H])[2H])c(cc6C9)OC([2H])([2H])C([2H])([2H])Oc6cc(c(cc6OC([2H])([2H])[2H])Cc6cc(c(OC([2H])([2H])[2H])cc6C8)OC([2H])([2H])C([2H])([2H])O%10)C7)cc1C4)OC([2H])([2H])C([2H])([2H])Oc1ccc(c(c1)Cc1cc(OC([2H])([2H])[2H])c(cc1C2)OC([2H])([2H])C([2H])([2H])O5)C3. The van der Waals surface area contributed by atoms with E-state index in [0.717, 1.165) is 97.1 Å². The van der Waals surface area contributed by atoms with Crippen molar-refractivity contribution in [1.29, 1.82) is 0 Å². The highest BCUT2D eigenvalue weighted by molar-refractivity contribution is 5.65. The molecule has 23 aliphatic heterocycles. The van der Waals surface area contributed by atoms with Crippen LogP contribution in [0.1, 0.15) is 251 Å². The van der Waals surface area contributed by atoms with E-state index in [4.69, 9.17) is 137 Å². The summed E-state index contributed by atoms with van der Waals surface area (Å²) in [6.45, 7) is -45.7. The van der Waals surface area contributed by atoms with E-state index in [0.29, 0.717) is 38.5 Å². The van der Waals surface area contributed by atoms with Gasteiger partial charge in [-0.3, -0.25) is 0 Å². The minimum absolute atomic E-state index is 0.00538. The van der Waals surface area contributed by atoms with Gasteiger partial charge in [0.25, 0.3) is 0 Å². The molecule has 0 spiro atoms. The van der Waals surface area contributed by atoms with E-state index in [1.54, 1.807) is 0 Å². The molecule has 12 aromatic rings. The molecule has 12 aromatic carbocycles. The fraction of sp³-hybridized carbons (Fsp3) is 0.368. The van der Waals surface area contributed by atoms with Crippen LogP contribution in [0.4, 0.5) is 0 Å². The third-order valence-corrected chi connectivity index (χ3v) is 25.2. The zero-order valence-corrected chi connectivity index (χ0v) is 72.5. The summed E-state index contributed by atoms with van der Waals surface area (Å²) >= 11 is 0. The van der Waals surface area contributed by atoms with E-state index in [1.807, 2.05) is 0 Å². The van der Waals surface area contributed by atoms with Gasteiger partial charge in [0.15, 0.2) is 115 Å². The summed E-state index contributed by atoms with van der Waals surface area (Å²) in [6, 6.07) is 30.3. The Morgan fingerprint density at radius 3 is 0.529 bits per heavy atom. The molecule has 0 saturated carbocycles. The first-order chi connectivity index (χ1) is 84.8. The number of hydrogen-bond acceptors (Lipinski definition) is 22. The Bertz CT molecular complexity index is 8110. The molecule has 0 radical (unpaired) electrons. The number of ether oxygens (including phenoxy) is 22. The highest BCUT2D eigenvalue weighted by Crippen LogP contribution is 2.49. The lowest BCUT2D eigenvalue weighted by atomic mass is 9.94. The van der Waals surface area contributed by atoms with Crippen LogP contribution in [0.3, 0.4) is 0 Å². The van der Waals surface area contributed by atoms with Gasteiger partial charge in [0.2, 0.25) is 0 Å². The molecule has 136 heavy (non-hydrogen) atoms. The Morgan fingerprint density at radius 2 is 0.331 bits per heavy atom. The Hall–Kier alpha value is -13.8. The van der Waals surface area contributed by atoms with Gasteiger partial charge in [0.05, 0.1) is 135 Å². The average molecular weight is 1890 g/mol. The molecule has 22 heteroatoms. The van der Waals surface area contributed by atoms with Gasteiger partial charge >= 0.3 is 0 Å². The van der Waals surface area contributed by atoms with Gasteiger partial charge in [-0.1, -0.05) is 50.7 Å². The van der Waals surface area contributed by atoms with Crippen molar-refractivity contribution in [2.75, 3.05) is 148 Å². The van der Waals surface area contributed by atoms with E-state index in [9.17, 15) is 32.9 Å². The average Bonchev–Trinajstić information content (AvgIpc) is 1.48. The lowest BCUT2D eigenvalue weighted by molar-refractivity contribution is 0.205. The lowest BCUT2D eigenvalue weighted by Gasteiger charge is -2.20. The standard InChI is InChI=1S/C114H118O22/c1-115-95-49-75-37-71-47-93-19-17-69(71)35-73-57-103-97(117-3)51-77(73)39-83(75)59-105(95)129-31-33-131-107-61-85-41-79-53-99(119-5)109(133-29-27-127-103)63-87(79)45-91-65-111(113(135-25-23-123-93)67-89(91)43-81(85)55-101(107)121-7)125-21-15-13-11-9-10-12-14-16-22-126-112-66-92-46-88-64-110-100(120-6)54-80(88)42-86-62-108-102(122-8)56-82(86)44-90(92)68-114(112)136-26-24-124-94-20-18-70-36-74-58-104(128-28-30-134-110)98(118-4)52-78(74)40-84-60-106(130-32-34-132-108)96(116-2)50-76(84)38-72(70)48-94/h17-20,47-68H,9-16,21-46H2,1-8H3/i1D3,2D3,3D3,4D3,5D3,6D3,7D3,8D3,23D2,24D2,25D2,26D2,27D2,28D2,29D2,30D2,31D2,32D2,33D2,34D2. The van der Waals surface area contributed by atoms with Crippen molar-refractivity contribution < 1.29 is 170 Å². The van der Waals surface area contributed by atoms with Crippen LogP contribution < -0.4 is 104 Å². The number of methoxy groups -OCH3 is 8. The third kappa shape index (κ3) is 19.9. The van der Waals surface area contributed by atoms with Crippen molar-refractivity contribution in [3.05, 3.63) is 291 Å². The Balaban J connectivity index is 0.646. The Morgan fingerprint density at radius 1 is 0.176 bits per heavy atom. The zero-order chi connectivity index (χ0) is 134. The van der Waals surface area contributed by atoms with E-state index in [-0.39, 0.29) is 197 Å². The predicted octanol–water partition coefficient (Wildman–Crippen LogP) is 20.7. The van der Waals surface area contributed by atoms with Crippen LogP contribution >= 0.6 is 0 Å². The zero-order valence-electron chi connectivity index (χ0n) is 121. The van der Waals surface area contributed by atoms with Gasteiger partial charge in [-0.05, 0) is 369 Å². The van der Waals surface area contributed by atoms with Gasteiger partial charge in [-0.25, -0.2) is 0 Å². The summed E-state index contributed by atoms with van der Waals surface area (Å²) in [5, 5.41) is 0. The highest BCUT2D eigenvalue weighted by Gasteiger charge is 2.31. The van der Waals surface area contributed by atoms with Crippen molar-refractivity contribution in [2.45, 2.75) is 128 Å². The van der Waals surface area contributed by atoms with E-state index in [1.165, 1.54) is 60.7 Å². The van der Waals surface area contributed by atoms with Gasteiger partial charge < -0.3 is 104 Å². The minimum atomic E-state index is -3.87. The molecule has 0 amide bonds. The summed E-state index contributed by atoms with van der Waals surface area (Å²) in [5.74, 6) is -15.5. The van der Waals surface area contributed by atoms with E-state index < -0.39 is 301 Å². The van der Waals surface area contributed by atoms with Gasteiger partial charge in [-0.15, -0.1) is 0 Å². The van der Waals surface area contributed by atoms with Crippen LogP contribution in [0.25, 0.3) is 0 Å². The van der Waals surface area contributed by atoms with Crippen LogP contribution in [-0.4, -0.2) is 148 Å². The Kier molecular flexibility index (Phi) is 15.2. The molecule has 0 atom stereocenters. The molecule has 0 fully saturated rings. The monoisotopic (exact) mass is 1890 g/mol. The molecule has 27 aliphatic rings. The van der Waals surface area contributed by atoms with Crippen molar-refractivity contribution in [3.8, 4) is 126 Å². The van der Waals surface area contributed by atoms with Gasteiger partial charge in [-0.2, -0.15) is 0 Å². The summed E-state index contributed by atoms with van der Waals surface area (Å²) in [5.41, 5.74) is 1.76. The van der Waals surface area contributed by atoms with Crippen molar-refractivity contribution >= 4 is 0 Å². The van der Waals surface area contributed by atoms with E-state index >= 15 is 0 Å². The number of benzene rings is 12. The number of fused-ring (bicyclic) bond motifs is 1. The Labute approximate surface area is 862 Å². The predicted molar refractivity (Wildman–Crippen MR) is 517 cm³/mol. The van der Waals surface area contributed by atoms with Crippen LogP contribution in [0.15, 0.2) is 158 Å². The van der Waals surface area contributed by atoms with Crippen LogP contribution in [0, 0.1) is 0 Å². The second-order valence-corrected chi connectivity index (χ2v) is 33.5. The fourth-order valence-corrected chi connectivity index (χ4v) is 18.4. The second-order valence-electron chi connectivity index (χ2n) is 33.5. The summed E-state index contributed by atoms with van der Waals surface area (Å²) in [4.78, 5) is 0. The first kappa shape index (κ1) is 50.2. The molecule has 39 rings (SSSR count). The number of rotatable bonds is 21. The maximum absolute atomic E-state index is 9.74. The summed E-state index contributed by atoms with van der Waals surface area (Å²) in [6.07, 6.45) is -1.84. The van der Waals surface area contributed by atoms with Crippen LogP contribution in [-0.2, 0) is 77.0 Å². The molecule has 23 heterocycles. The molecule has 0 unspecified atom stereocenters. The van der Waals surface area contributed by atoms with Gasteiger partial charge in [0, 0.05) is 0 Å². The molecular formula is C114H118O22. The van der Waals surface area contributed by atoms with Crippen molar-refractivity contribution in [3.63, 3.8) is 0 Å². The molecule has 0 aromatic heterocycles. The minimum Gasteiger partial charge on any atom is -0.493 e. The quantitative estimate of drug-likeness (QED) is 0.0614. The molecule has 0 N–H and O–H groups in total. The summed E-state index contributed by atoms with van der Waals surface area (Å²) in [7, 11) is -27.5. The largest absolute Gasteiger partial charge is 0.493 e. The fourth-order valence-electron chi connectivity index (χ4n) is 18.4. The van der Waals surface area contributed by atoms with E-state index in [2.05, 4.69) is 0 Å². The van der Waals surface area contributed by atoms with Crippen molar-refractivity contribution in [2.24, 2.45) is 0 Å². The lowest BCUT2D eigenvalue weighted by Crippen LogP contribution is -2.12. The smallest absolute Gasteiger partial charge is 0.161 e. The number of unbranched alkanes of at least 4 members (excludes halogenated alkanes) is 7. The third-order valence-electron chi connectivity index (χ3n) is 25.2. The van der Waals surface area contributed by atoms with Crippen LogP contribution in [0.2, 0.25) is 0 Å². The normalized spacial score (nSPS) is 25.3. The molecular weight excluding hydrogens is 1720 g/mol. The number of hydrogen-bond donors (Lipinski definition) is 0. The molecule has 0 saturated heterocycles. The van der Waals surface area contributed by atoms with Crippen LogP contribution in [0.5, 0.6) is 126 Å². The highest BCUT2D eigenvalue weighted by atomic mass is 16.6. The maximum atomic E-state index is 9.74. The first-order valence-corrected chi connectivity index (χ1v) is 43.7. The molecule has 4 aliphatic carbocycles.